The molecule has 0 amide bonds. The lowest BCUT2D eigenvalue weighted by molar-refractivity contribution is 0.352. The molecule has 0 aliphatic carbocycles. The van der Waals surface area contributed by atoms with E-state index >= 15 is 0 Å². The van der Waals surface area contributed by atoms with Crippen LogP contribution in [0.5, 0.6) is 17.2 Å². The van der Waals surface area contributed by atoms with Crippen LogP contribution in [0.25, 0.3) is 10.9 Å². The average molecular weight is 526 g/mol. The van der Waals surface area contributed by atoms with Crippen molar-refractivity contribution >= 4 is 50.0 Å². The van der Waals surface area contributed by atoms with Crippen molar-refractivity contribution in [3.63, 3.8) is 0 Å². The third-order valence-electron chi connectivity index (χ3n) is 5.30. The monoisotopic (exact) mass is 525 g/mol. The second-order valence-electron chi connectivity index (χ2n) is 7.12. The van der Waals surface area contributed by atoms with Gasteiger partial charge in [0.15, 0.2) is 22.4 Å². The van der Waals surface area contributed by atoms with Crippen molar-refractivity contribution in [3.8, 4) is 23.3 Å². The first-order valence-corrected chi connectivity index (χ1v) is 11.0. The number of nitrogens with two attached hydrogens (primary N) is 1. The summed E-state index contributed by atoms with van der Waals surface area (Å²) in [6, 6.07) is 13.5. The number of hydrogen-bond donors (Lipinski definition) is 3. The third kappa shape index (κ3) is 4.01. The summed E-state index contributed by atoms with van der Waals surface area (Å²) in [7, 11) is 4.85. The lowest BCUT2D eigenvalue weighted by Crippen LogP contribution is -2.24. The van der Waals surface area contributed by atoms with Gasteiger partial charge in [0.05, 0.1) is 24.6 Å². The average Bonchev–Trinajstić information content (AvgIpc) is 2.82. The van der Waals surface area contributed by atoms with Gasteiger partial charge in [-0.3, -0.25) is 0 Å². The van der Waals surface area contributed by atoms with Gasteiger partial charge in [-0.1, -0.05) is 12.1 Å². The molecule has 0 fully saturated rings. The van der Waals surface area contributed by atoms with Crippen molar-refractivity contribution < 1.29 is 14.2 Å². The summed E-state index contributed by atoms with van der Waals surface area (Å²) in [5.74, 6) is 1.66. The lowest BCUT2D eigenvalue weighted by atomic mass is 9.83. The third-order valence-corrected chi connectivity index (χ3v) is 6.20. The van der Waals surface area contributed by atoms with Crippen molar-refractivity contribution in [3.05, 3.63) is 63.5 Å². The van der Waals surface area contributed by atoms with Crippen LogP contribution in [0.1, 0.15) is 17.0 Å². The molecule has 8 nitrogen and oxygen atoms in total. The molecule has 168 valence electrons. The van der Waals surface area contributed by atoms with E-state index < -0.39 is 5.92 Å². The van der Waals surface area contributed by atoms with Crippen LogP contribution in [0.15, 0.2) is 52.3 Å². The maximum atomic E-state index is 9.92. The van der Waals surface area contributed by atoms with Crippen molar-refractivity contribution in [1.29, 1.82) is 5.26 Å². The normalized spacial score (nSPS) is 14.7. The minimum atomic E-state index is -0.490. The fraction of sp³-hybridized carbons (Fsp3) is 0.174. The highest BCUT2D eigenvalue weighted by Gasteiger charge is 2.33. The molecule has 3 aromatic rings. The summed E-state index contributed by atoms with van der Waals surface area (Å²) in [5, 5.41) is 17.1. The van der Waals surface area contributed by atoms with Gasteiger partial charge in [-0.25, -0.2) is 4.98 Å². The van der Waals surface area contributed by atoms with Gasteiger partial charge < -0.3 is 30.6 Å². The molecule has 1 aliphatic heterocycles. The fourth-order valence-electron chi connectivity index (χ4n) is 3.79. The molecule has 2 heterocycles. The number of aromatic nitrogens is 1. The molecule has 2 aromatic carbocycles. The summed E-state index contributed by atoms with van der Waals surface area (Å²) in [4.78, 5) is 4.69. The highest BCUT2D eigenvalue weighted by Crippen LogP contribution is 2.48. The SMILES string of the molecule is CNC(=S)Nc1ccc2ccc3c(c2n1)OC(N)=C(C#N)C3c1cc(Br)c(OC)c(OC)c1. The Morgan fingerprint density at radius 1 is 1.24 bits per heavy atom. The molecule has 1 aromatic heterocycles. The molecule has 0 saturated heterocycles. The van der Waals surface area contributed by atoms with Crippen LogP contribution >= 0.6 is 28.1 Å². The molecule has 4 N–H and O–H groups in total. The highest BCUT2D eigenvalue weighted by molar-refractivity contribution is 9.10. The maximum absolute atomic E-state index is 9.92. The number of nitrogens with one attached hydrogen (secondary N) is 2. The molecule has 0 bridgehead atoms. The van der Waals surface area contributed by atoms with Crippen LogP contribution in [0.3, 0.4) is 0 Å². The van der Waals surface area contributed by atoms with Gasteiger partial charge in [0.1, 0.15) is 23.0 Å². The molecule has 0 spiro atoms. The topological polar surface area (TPSA) is 114 Å². The number of halogens is 1. The first kappa shape index (κ1) is 22.6. The Morgan fingerprint density at radius 3 is 2.67 bits per heavy atom. The molecule has 0 saturated carbocycles. The smallest absolute Gasteiger partial charge is 0.205 e. The largest absolute Gasteiger partial charge is 0.493 e. The highest BCUT2D eigenvalue weighted by atomic mass is 79.9. The number of pyridine rings is 1. The van der Waals surface area contributed by atoms with E-state index in [1.54, 1.807) is 21.3 Å². The molecular formula is C23H20BrN5O3S. The fourth-order valence-corrected chi connectivity index (χ4v) is 4.52. The molecule has 0 radical (unpaired) electrons. The second-order valence-corrected chi connectivity index (χ2v) is 8.38. The summed E-state index contributed by atoms with van der Waals surface area (Å²) < 4.78 is 17.6. The Kier molecular flexibility index (Phi) is 6.26. The first-order chi connectivity index (χ1) is 15.9. The maximum Gasteiger partial charge on any atom is 0.205 e. The van der Waals surface area contributed by atoms with Crippen molar-refractivity contribution in [2.45, 2.75) is 5.92 Å². The predicted molar refractivity (Wildman–Crippen MR) is 134 cm³/mol. The number of thiocarbonyl (C=S) groups is 1. The van der Waals surface area contributed by atoms with Gasteiger partial charge >= 0.3 is 0 Å². The number of fused-ring (bicyclic) bond motifs is 3. The molecule has 33 heavy (non-hydrogen) atoms. The van der Waals surface area contributed by atoms with E-state index in [9.17, 15) is 5.26 Å². The van der Waals surface area contributed by atoms with Gasteiger partial charge in [-0.15, -0.1) is 0 Å². The zero-order valence-electron chi connectivity index (χ0n) is 18.0. The number of benzene rings is 2. The second kappa shape index (κ2) is 9.13. The van der Waals surface area contributed by atoms with Gasteiger partial charge in [-0.2, -0.15) is 5.26 Å². The molecule has 1 unspecified atom stereocenters. The number of nitrogens with zero attached hydrogens (tertiary/aromatic N) is 2. The quantitative estimate of drug-likeness (QED) is 0.432. The Hall–Kier alpha value is -3.55. The Bertz CT molecular complexity index is 1350. The minimum Gasteiger partial charge on any atom is -0.493 e. The molecular weight excluding hydrogens is 506 g/mol. The molecule has 4 rings (SSSR count). The van der Waals surface area contributed by atoms with Crippen LogP contribution in [0, 0.1) is 11.3 Å². The zero-order valence-corrected chi connectivity index (χ0v) is 20.4. The van der Waals surface area contributed by atoms with Crippen LogP contribution in [0.2, 0.25) is 0 Å². The van der Waals surface area contributed by atoms with Crippen LogP contribution in [0.4, 0.5) is 5.82 Å². The zero-order chi connectivity index (χ0) is 23.7. The number of hydrogen-bond acceptors (Lipinski definition) is 7. The molecule has 1 atom stereocenters. The molecule has 1 aliphatic rings. The summed E-state index contributed by atoms with van der Waals surface area (Å²) in [6.07, 6.45) is 0. The summed E-state index contributed by atoms with van der Waals surface area (Å²) in [6.45, 7) is 0. The van der Waals surface area contributed by atoms with E-state index in [4.69, 9.17) is 32.2 Å². The van der Waals surface area contributed by atoms with Crippen LogP contribution in [-0.2, 0) is 0 Å². The van der Waals surface area contributed by atoms with Gasteiger partial charge in [0.25, 0.3) is 0 Å². The number of anilines is 1. The van der Waals surface area contributed by atoms with Gasteiger partial charge in [0.2, 0.25) is 5.88 Å². The molecule has 10 heteroatoms. The van der Waals surface area contributed by atoms with E-state index in [0.29, 0.717) is 43.7 Å². The number of nitriles is 1. The van der Waals surface area contributed by atoms with E-state index in [1.165, 1.54) is 0 Å². The van der Waals surface area contributed by atoms with E-state index in [-0.39, 0.29) is 5.88 Å². The lowest BCUT2D eigenvalue weighted by Gasteiger charge is -2.28. The van der Waals surface area contributed by atoms with Crippen LogP contribution in [-0.4, -0.2) is 31.4 Å². The van der Waals surface area contributed by atoms with Crippen molar-refractivity contribution in [2.75, 3.05) is 26.6 Å². The number of methoxy groups -OCH3 is 2. The number of ether oxygens (including phenoxy) is 3. The van der Waals surface area contributed by atoms with E-state index in [2.05, 4.69) is 37.6 Å². The Balaban J connectivity index is 1.94. The van der Waals surface area contributed by atoms with E-state index in [1.807, 2.05) is 36.4 Å². The summed E-state index contributed by atoms with van der Waals surface area (Å²) in [5.41, 5.74) is 8.66. The van der Waals surface area contributed by atoms with Crippen LogP contribution < -0.4 is 30.6 Å². The summed E-state index contributed by atoms with van der Waals surface area (Å²) >= 11 is 8.72. The Labute approximate surface area is 204 Å². The van der Waals surface area contributed by atoms with Crippen molar-refractivity contribution in [1.82, 2.24) is 10.3 Å². The number of rotatable bonds is 4. The van der Waals surface area contributed by atoms with Gasteiger partial charge in [-0.05, 0) is 58.0 Å². The minimum absolute atomic E-state index is 0.0271. The standard InChI is InChI=1S/C23H20BrN5O3S/c1-27-23(33)29-17-7-5-11-4-6-13-18(12-8-15(24)21(31-3)16(9-12)30-2)14(10-25)22(26)32-20(13)19(11)28-17/h4-9,18H,26H2,1-3H3,(H2,27,28,29,33). The first-order valence-electron chi connectivity index (χ1n) is 9.83. The van der Waals surface area contributed by atoms with Gasteiger partial charge in [0, 0.05) is 18.0 Å². The van der Waals surface area contributed by atoms with Crippen molar-refractivity contribution in [2.24, 2.45) is 5.73 Å². The number of allylic oxidation sites excluding steroid dienone is 1. The predicted octanol–water partition coefficient (Wildman–Crippen LogP) is 4.15. The van der Waals surface area contributed by atoms with E-state index in [0.717, 1.165) is 16.5 Å². The Morgan fingerprint density at radius 2 is 2.00 bits per heavy atom.